The highest BCUT2D eigenvalue weighted by atomic mass is 16.5. The number of morpholine rings is 1. The van der Waals surface area contributed by atoms with Crippen LogP contribution in [0.2, 0.25) is 0 Å². The molecule has 1 unspecified atom stereocenters. The average Bonchev–Trinajstić information content (AvgIpc) is 2.53. The Kier molecular flexibility index (Phi) is 3.92. The van der Waals surface area contributed by atoms with Crippen LogP contribution in [0.3, 0.4) is 0 Å². The van der Waals surface area contributed by atoms with Gasteiger partial charge in [0.15, 0.2) is 0 Å². The Bertz CT molecular complexity index is 501. The molecule has 0 aliphatic carbocycles. The Morgan fingerprint density at radius 2 is 2.40 bits per heavy atom. The van der Waals surface area contributed by atoms with E-state index in [9.17, 15) is 4.79 Å². The molecule has 1 fully saturated rings. The third-order valence-corrected chi connectivity index (χ3v) is 4.19. The monoisotopic (exact) mass is 274 g/mol. The van der Waals surface area contributed by atoms with Gasteiger partial charge in [0.25, 0.3) is 5.91 Å². The molecule has 3 rings (SSSR count). The number of para-hydroxylation sites is 1. The van der Waals surface area contributed by atoms with Gasteiger partial charge in [0, 0.05) is 19.6 Å². The summed E-state index contributed by atoms with van der Waals surface area (Å²) in [5.74, 6) is 0.137. The zero-order valence-electron chi connectivity index (χ0n) is 12.0. The van der Waals surface area contributed by atoms with Crippen LogP contribution in [0.15, 0.2) is 18.2 Å². The fourth-order valence-corrected chi connectivity index (χ4v) is 3.01. The van der Waals surface area contributed by atoms with Gasteiger partial charge in [-0.1, -0.05) is 19.1 Å². The van der Waals surface area contributed by atoms with Crippen molar-refractivity contribution in [3.8, 4) is 0 Å². The molecule has 0 saturated carbocycles. The van der Waals surface area contributed by atoms with E-state index < -0.39 is 0 Å². The first-order valence-electron chi connectivity index (χ1n) is 7.56. The Balaban J connectivity index is 1.83. The summed E-state index contributed by atoms with van der Waals surface area (Å²) in [7, 11) is 0. The SMILES string of the molecule is CCC1CN(C(=O)c2cccc3c2NCCC3)CCO1. The van der Waals surface area contributed by atoms with E-state index in [-0.39, 0.29) is 12.0 Å². The highest BCUT2D eigenvalue weighted by Crippen LogP contribution is 2.27. The van der Waals surface area contributed by atoms with E-state index in [0.717, 1.165) is 37.1 Å². The summed E-state index contributed by atoms with van der Waals surface area (Å²) in [6, 6.07) is 6.05. The molecule has 4 nitrogen and oxygen atoms in total. The first kappa shape index (κ1) is 13.4. The van der Waals surface area contributed by atoms with E-state index in [1.165, 1.54) is 5.56 Å². The molecule has 1 aromatic carbocycles. The summed E-state index contributed by atoms with van der Waals surface area (Å²) in [4.78, 5) is 14.7. The highest BCUT2D eigenvalue weighted by Gasteiger charge is 2.26. The molecule has 2 heterocycles. The lowest BCUT2D eigenvalue weighted by Crippen LogP contribution is -2.45. The number of ether oxygens (including phenoxy) is 1. The summed E-state index contributed by atoms with van der Waals surface area (Å²) < 4.78 is 5.65. The number of aryl methyl sites for hydroxylation is 1. The topological polar surface area (TPSA) is 41.6 Å². The number of anilines is 1. The summed E-state index contributed by atoms with van der Waals surface area (Å²) >= 11 is 0. The van der Waals surface area contributed by atoms with Crippen molar-refractivity contribution in [2.75, 3.05) is 31.6 Å². The van der Waals surface area contributed by atoms with Crippen molar-refractivity contribution in [2.45, 2.75) is 32.3 Å². The van der Waals surface area contributed by atoms with Crippen LogP contribution in [0, 0.1) is 0 Å². The molecule has 0 spiro atoms. The van der Waals surface area contributed by atoms with Crippen LogP contribution in [0.25, 0.3) is 0 Å². The zero-order chi connectivity index (χ0) is 13.9. The Morgan fingerprint density at radius 1 is 1.50 bits per heavy atom. The van der Waals surface area contributed by atoms with Crippen LogP contribution in [-0.4, -0.2) is 43.2 Å². The normalized spacial score (nSPS) is 22.1. The van der Waals surface area contributed by atoms with E-state index in [1.807, 2.05) is 17.0 Å². The van der Waals surface area contributed by atoms with Gasteiger partial charge >= 0.3 is 0 Å². The second kappa shape index (κ2) is 5.83. The minimum absolute atomic E-state index is 0.137. The maximum atomic E-state index is 12.8. The quantitative estimate of drug-likeness (QED) is 0.899. The molecule has 1 aromatic rings. The van der Waals surface area contributed by atoms with Gasteiger partial charge in [-0.25, -0.2) is 0 Å². The second-order valence-corrected chi connectivity index (χ2v) is 5.52. The number of nitrogens with one attached hydrogen (secondary N) is 1. The number of carbonyl (C=O) groups is 1. The summed E-state index contributed by atoms with van der Waals surface area (Å²) in [5.41, 5.74) is 3.13. The summed E-state index contributed by atoms with van der Waals surface area (Å²) in [5, 5.41) is 3.40. The number of amides is 1. The maximum absolute atomic E-state index is 12.8. The number of carbonyl (C=O) groups excluding carboxylic acids is 1. The van der Waals surface area contributed by atoms with Crippen LogP contribution < -0.4 is 5.32 Å². The molecular weight excluding hydrogens is 252 g/mol. The van der Waals surface area contributed by atoms with E-state index in [4.69, 9.17) is 4.74 Å². The van der Waals surface area contributed by atoms with Gasteiger partial charge in [0.1, 0.15) is 0 Å². The van der Waals surface area contributed by atoms with Gasteiger partial charge in [-0.3, -0.25) is 4.79 Å². The molecule has 4 heteroatoms. The number of hydrogen-bond acceptors (Lipinski definition) is 3. The van der Waals surface area contributed by atoms with Crippen LogP contribution in [-0.2, 0) is 11.2 Å². The number of hydrogen-bond donors (Lipinski definition) is 1. The number of benzene rings is 1. The van der Waals surface area contributed by atoms with E-state index in [2.05, 4.69) is 18.3 Å². The summed E-state index contributed by atoms with van der Waals surface area (Å²) in [6.07, 6.45) is 3.33. The minimum atomic E-state index is 0.137. The predicted octanol–water partition coefficient (Wildman–Crippen LogP) is 2.30. The van der Waals surface area contributed by atoms with Gasteiger partial charge in [-0.2, -0.15) is 0 Å². The largest absolute Gasteiger partial charge is 0.384 e. The van der Waals surface area contributed by atoms with Gasteiger partial charge in [-0.05, 0) is 30.9 Å². The number of rotatable bonds is 2. The highest BCUT2D eigenvalue weighted by molar-refractivity contribution is 6.00. The van der Waals surface area contributed by atoms with Gasteiger partial charge in [0.05, 0.1) is 24.0 Å². The van der Waals surface area contributed by atoms with Crippen molar-refractivity contribution in [1.29, 1.82) is 0 Å². The maximum Gasteiger partial charge on any atom is 0.256 e. The summed E-state index contributed by atoms with van der Waals surface area (Å²) in [6.45, 7) is 5.10. The number of nitrogens with zero attached hydrogens (tertiary/aromatic N) is 1. The van der Waals surface area contributed by atoms with Crippen LogP contribution >= 0.6 is 0 Å². The molecule has 0 bridgehead atoms. The van der Waals surface area contributed by atoms with E-state index in [0.29, 0.717) is 19.7 Å². The molecule has 1 N–H and O–H groups in total. The molecular formula is C16H22N2O2. The van der Waals surface area contributed by atoms with Crippen molar-refractivity contribution in [3.05, 3.63) is 29.3 Å². The Morgan fingerprint density at radius 3 is 3.25 bits per heavy atom. The van der Waals surface area contributed by atoms with Crippen LogP contribution in [0.4, 0.5) is 5.69 Å². The molecule has 2 aliphatic rings. The van der Waals surface area contributed by atoms with E-state index in [1.54, 1.807) is 0 Å². The molecule has 2 aliphatic heterocycles. The minimum Gasteiger partial charge on any atom is -0.384 e. The molecule has 1 saturated heterocycles. The fraction of sp³-hybridized carbons (Fsp3) is 0.562. The zero-order valence-corrected chi connectivity index (χ0v) is 12.0. The van der Waals surface area contributed by atoms with Crippen LogP contribution in [0.5, 0.6) is 0 Å². The molecule has 20 heavy (non-hydrogen) atoms. The molecule has 0 aromatic heterocycles. The van der Waals surface area contributed by atoms with Gasteiger partial charge in [-0.15, -0.1) is 0 Å². The standard InChI is InChI=1S/C16H22N2O2/c1-2-13-11-18(9-10-20-13)16(19)14-7-3-5-12-6-4-8-17-15(12)14/h3,5,7,13,17H,2,4,6,8-11H2,1H3. The molecule has 1 amide bonds. The Hall–Kier alpha value is -1.55. The lowest BCUT2D eigenvalue weighted by molar-refractivity contribution is -0.0226. The number of fused-ring (bicyclic) bond motifs is 1. The first-order valence-corrected chi connectivity index (χ1v) is 7.56. The second-order valence-electron chi connectivity index (χ2n) is 5.52. The van der Waals surface area contributed by atoms with Crippen molar-refractivity contribution in [2.24, 2.45) is 0 Å². The van der Waals surface area contributed by atoms with Gasteiger partial charge in [0.2, 0.25) is 0 Å². The third-order valence-electron chi connectivity index (χ3n) is 4.19. The van der Waals surface area contributed by atoms with E-state index >= 15 is 0 Å². The lowest BCUT2D eigenvalue weighted by Gasteiger charge is -2.33. The van der Waals surface area contributed by atoms with Gasteiger partial charge < -0.3 is 15.0 Å². The van der Waals surface area contributed by atoms with Crippen molar-refractivity contribution in [1.82, 2.24) is 4.90 Å². The predicted molar refractivity (Wildman–Crippen MR) is 79.2 cm³/mol. The van der Waals surface area contributed by atoms with Crippen LogP contribution in [0.1, 0.15) is 35.7 Å². The van der Waals surface area contributed by atoms with Crippen molar-refractivity contribution < 1.29 is 9.53 Å². The Labute approximate surface area is 120 Å². The molecule has 108 valence electrons. The lowest BCUT2D eigenvalue weighted by atomic mass is 9.98. The average molecular weight is 274 g/mol. The molecule has 1 atom stereocenters. The van der Waals surface area contributed by atoms with Crippen molar-refractivity contribution in [3.63, 3.8) is 0 Å². The smallest absolute Gasteiger partial charge is 0.256 e. The fourth-order valence-electron chi connectivity index (χ4n) is 3.01. The first-order chi connectivity index (χ1) is 9.79. The van der Waals surface area contributed by atoms with Crippen molar-refractivity contribution >= 4 is 11.6 Å². The molecule has 0 radical (unpaired) electrons. The third kappa shape index (κ3) is 2.52.